The lowest BCUT2D eigenvalue weighted by atomic mass is 10.1. The summed E-state index contributed by atoms with van der Waals surface area (Å²) in [6, 6.07) is 32.0. The van der Waals surface area contributed by atoms with Gasteiger partial charge in [-0.15, -0.1) is 0 Å². The van der Waals surface area contributed by atoms with Crippen LogP contribution in [0.25, 0.3) is 57.4 Å². The van der Waals surface area contributed by atoms with Gasteiger partial charge in [-0.2, -0.15) is 0 Å². The Morgan fingerprint density at radius 3 is 1.75 bits per heavy atom. The van der Waals surface area contributed by atoms with Gasteiger partial charge < -0.3 is 28.9 Å². The number of nitrogens with zero attached hydrogens (tertiary/aromatic N) is 2. The van der Waals surface area contributed by atoms with Gasteiger partial charge in [0.05, 0.1) is 27.1 Å². The van der Waals surface area contributed by atoms with E-state index in [1.165, 1.54) is 31.4 Å². The van der Waals surface area contributed by atoms with E-state index in [0.717, 1.165) is 55.3 Å². The van der Waals surface area contributed by atoms with Gasteiger partial charge in [0.2, 0.25) is 0 Å². The first-order valence-electron chi connectivity index (χ1n) is 21.7. The molecule has 0 unspecified atom stereocenters. The number of aromatic amines is 2. The molecule has 0 amide bonds. The number of allylic oxidation sites excluding steroid dienone is 4. The zero-order valence-electron chi connectivity index (χ0n) is 37.3. The van der Waals surface area contributed by atoms with Crippen LogP contribution in [0.3, 0.4) is 0 Å². The SMILES string of the molecule is COc1cc(OCc2ccncc2)ccc1/C=C/C(=O)CC(=O)/C=C/c1ccc2[nH]c(-c3cncc(COc4ccc(/C=C/C(=O)CC(=O)/C=C/c5ccc6cc[nH]c6c5)c(OC)c4)c3)cc2c1. The fourth-order valence-electron chi connectivity index (χ4n) is 7.27. The van der Waals surface area contributed by atoms with Crippen molar-refractivity contribution in [2.45, 2.75) is 26.1 Å². The van der Waals surface area contributed by atoms with Crippen molar-refractivity contribution in [3.8, 4) is 34.3 Å². The summed E-state index contributed by atoms with van der Waals surface area (Å²) in [7, 11) is 3.08. The molecule has 8 aromatic rings. The van der Waals surface area contributed by atoms with E-state index >= 15 is 0 Å². The molecule has 0 aliphatic heterocycles. The minimum absolute atomic E-state index is 0.235. The van der Waals surface area contributed by atoms with Crippen molar-refractivity contribution in [1.82, 2.24) is 19.9 Å². The third-order valence-electron chi connectivity index (χ3n) is 10.8. The number of carbonyl (C=O) groups is 4. The van der Waals surface area contributed by atoms with Crippen LogP contribution in [0, 0.1) is 0 Å². The summed E-state index contributed by atoms with van der Waals surface area (Å²) < 4.78 is 23.1. The molecule has 8 rings (SSSR count). The summed E-state index contributed by atoms with van der Waals surface area (Å²) in [5.74, 6) is 0.954. The number of fused-ring (bicyclic) bond motifs is 2. The van der Waals surface area contributed by atoms with Gasteiger partial charge in [0.25, 0.3) is 0 Å². The predicted molar refractivity (Wildman–Crippen MR) is 264 cm³/mol. The molecule has 2 N–H and O–H groups in total. The molecule has 0 fully saturated rings. The molecular weight excluding hydrogens is 857 g/mol. The highest BCUT2D eigenvalue weighted by molar-refractivity contribution is 6.12. The van der Waals surface area contributed by atoms with Crippen molar-refractivity contribution in [2.24, 2.45) is 0 Å². The van der Waals surface area contributed by atoms with Gasteiger partial charge in [0.15, 0.2) is 23.1 Å². The number of hydrogen-bond acceptors (Lipinski definition) is 10. The van der Waals surface area contributed by atoms with Crippen LogP contribution in [0.5, 0.6) is 23.0 Å². The minimum atomic E-state index is -0.333. The van der Waals surface area contributed by atoms with Gasteiger partial charge in [-0.3, -0.25) is 29.1 Å². The highest BCUT2D eigenvalue weighted by atomic mass is 16.5. The van der Waals surface area contributed by atoms with Crippen molar-refractivity contribution >= 4 is 69.2 Å². The molecule has 68 heavy (non-hydrogen) atoms. The highest BCUT2D eigenvalue weighted by Crippen LogP contribution is 2.30. The Kier molecular flexibility index (Phi) is 14.7. The average Bonchev–Trinajstić information content (AvgIpc) is 4.03. The lowest BCUT2D eigenvalue weighted by Crippen LogP contribution is -2.02. The first-order chi connectivity index (χ1) is 33.2. The molecule has 338 valence electrons. The van der Waals surface area contributed by atoms with E-state index in [2.05, 4.69) is 19.9 Å². The van der Waals surface area contributed by atoms with Crippen LogP contribution in [0.15, 0.2) is 158 Å². The number of carbonyl (C=O) groups excluding carboxylic acids is 4. The molecule has 0 spiro atoms. The van der Waals surface area contributed by atoms with Crippen LogP contribution in [-0.4, -0.2) is 57.3 Å². The van der Waals surface area contributed by atoms with Gasteiger partial charge >= 0.3 is 0 Å². The van der Waals surface area contributed by atoms with Crippen molar-refractivity contribution < 1.29 is 38.1 Å². The second-order valence-corrected chi connectivity index (χ2v) is 15.7. The van der Waals surface area contributed by atoms with Crippen LogP contribution >= 0.6 is 0 Å². The second kappa shape index (κ2) is 21.9. The third kappa shape index (κ3) is 12.3. The quantitative estimate of drug-likeness (QED) is 0.0524. The summed E-state index contributed by atoms with van der Waals surface area (Å²) in [6.45, 7) is 0.612. The van der Waals surface area contributed by atoms with Crippen LogP contribution < -0.4 is 18.9 Å². The maximum absolute atomic E-state index is 12.8. The molecule has 0 saturated heterocycles. The molecule has 12 nitrogen and oxygen atoms in total. The molecule has 0 radical (unpaired) electrons. The molecule has 4 aromatic heterocycles. The summed E-state index contributed by atoms with van der Waals surface area (Å²) in [6.07, 6.45) is 20.5. The Labute approximate surface area is 392 Å². The molecule has 4 aromatic carbocycles. The summed E-state index contributed by atoms with van der Waals surface area (Å²) in [5.41, 5.74) is 8.42. The number of methoxy groups -OCH3 is 2. The van der Waals surface area contributed by atoms with Crippen LogP contribution in [0.4, 0.5) is 0 Å². The van der Waals surface area contributed by atoms with Gasteiger partial charge in [0.1, 0.15) is 36.2 Å². The number of H-pyrrole nitrogens is 2. The zero-order chi connectivity index (χ0) is 47.2. The largest absolute Gasteiger partial charge is 0.496 e. The maximum Gasteiger partial charge on any atom is 0.163 e. The Bertz CT molecular complexity index is 3250. The first-order valence-corrected chi connectivity index (χ1v) is 21.7. The van der Waals surface area contributed by atoms with Crippen molar-refractivity contribution in [3.05, 3.63) is 192 Å². The Hall–Kier alpha value is -8.90. The van der Waals surface area contributed by atoms with E-state index in [4.69, 9.17) is 18.9 Å². The van der Waals surface area contributed by atoms with Crippen LogP contribution in [-0.2, 0) is 32.4 Å². The van der Waals surface area contributed by atoms with Crippen LogP contribution in [0.2, 0.25) is 0 Å². The monoisotopic (exact) mass is 902 g/mol. The number of ketones is 4. The van der Waals surface area contributed by atoms with Crippen molar-refractivity contribution in [3.63, 3.8) is 0 Å². The lowest BCUT2D eigenvalue weighted by molar-refractivity contribution is -0.123. The van der Waals surface area contributed by atoms with Gasteiger partial charge in [-0.1, -0.05) is 30.4 Å². The molecule has 0 aliphatic rings. The number of rotatable bonds is 21. The number of aromatic nitrogens is 4. The first kappa shape index (κ1) is 45.7. The molecular formula is C56H46N4O8. The number of benzene rings is 4. The van der Waals surface area contributed by atoms with E-state index in [-0.39, 0.29) is 42.6 Å². The molecule has 12 heteroatoms. The fraction of sp³-hybridized carbons (Fsp3) is 0.107. The van der Waals surface area contributed by atoms with E-state index < -0.39 is 0 Å². The molecule has 0 aliphatic carbocycles. The summed E-state index contributed by atoms with van der Waals surface area (Å²) >= 11 is 0. The average molecular weight is 903 g/mol. The number of ether oxygens (including phenoxy) is 4. The highest BCUT2D eigenvalue weighted by Gasteiger charge is 2.11. The molecule has 0 bridgehead atoms. The Morgan fingerprint density at radius 2 is 1.12 bits per heavy atom. The predicted octanol–water partition coefficient (Wildman–Crippen LogP) is 10.8. The normalized spacial score (nSPS) is 11.6. The maximum atomic E-state index is 12.8. The summed E-state index contributed by atoms with van der Waals surface area (Å²) in [4.78, 5) is 65.7. The van der Waals surface area contributed by atoms with Gasteiger partial charge in [0, 0.05) is 87.5 Å². The smallest absolute Gasteiger partial charge is 0.163 e. The fourth-order valence-corrected chi connectivity index (χ4v) is 7.27. The minimum Gasteiger partial charge on any atom is -0.496 e. The van der Waals surface area contributed by atoms with Crippen LogP contribution in [0.1, 0.15) is 46.2 Å². The van der Waals surface area contributed by atoms with E-state index in [0.29, 0.717) is 40.7 Å². The number of pyridine rings is 2. The van der Waals surface area contributed by atoms with E-state index in [1.807, 2.05) is 72.9 Å². The van der Waals surface area contributed by atoms with Crippen molar-refractivity contribution in [1.29, 1.82) is 0 Å². The Balaban J connectivity index is 0.818. The Morgan fingerprint density at radius 1 is 0.529 bits per heavy atom. The van der Waals surface area contributed by atoms with E-state index in [9.17, 15) is 19.2 Å². The molecule has 0 saturated carbocycles. The zero-order valence-corrected chi connectivity index (χ0v) is 37.3. The van der Waals surface area contributed by atoms with Crippen molar-refractivity contribution in [2.75, 3.05) is 14.2 Å². The number of hydrogen-bond donors (Lipinski definition) is 2. The second-order valence-electron chi connectivity index (χ2n) is 15.7. The molecule has 0 atom stereocenters. The summed E-state index contributed by atoms with van der Waals surface area (Å²) in [5, 5.41) is 2.02. The van der Waals surface area contributed by atoms with Gasteiger partial charge in [-0.25, -0.2) is 0 Å². The molecule has 4 heterocycles. The lowest BCUT2D eigenvalue weighted by Gasteiger charge is -2.10. The van der Waals surface area contributed by atoms with E-state index in [1.54, 1.807) is 92.6 Å². The third-order valence-corrected chi connectivity index (χ3v) is 10.8. The standard InChI is InChI=1S/C56H46N4O8/c1-65-55-31-50(67-35-39-19-22-57-23-20-39)16-10-42(55)8-14-48(63)29-46(61)12-4-37-6-18-52-44(25-37)28-54(60-52)45-26-40(33-58-34-45)36-68-51-17-11-43(56(32-51)66-2)9-15-49(64)30-47(62)13-5-38-3-7-41-21-24-59-53(41)27-38/h3-28,31-34,59-60H,29-30,35-36H2,1-2H3/b12-4+,13-5+,14-8+,15-9+. The number of nitrogens with one attached hydrogen (secondary N) is 2. The van der Waals surface area contributed by atoms with Gasteiger partial charge in [-0.05, 0) is 131 Å². The topological polar surface area (TPSA) is 163 Å².